The van der Waals surface area contributed by atoms with Crippen molar-refractivity contribution in [3.8, 4) is 0 Å². The lowest BCUT2D eigenvalue weighted by atomic mass is 9.92. The second kappa shape index (κ2) is 5.09. The molecule has 4 nitrogen and oxygen atoms in total. The van der Waals surface area contributed by atoms with Gasteiger partial charge in [0, 0.05) is 42.4 Å². The maximum absolute atomic E-state index is 5.57. The first-order valence-corrected chi connectivity index (χ1v) is 7.40. The Morgan fingerprint density at radius 3 is 2.95 bits per heavy atom. The van der Waals surface area contributed by atoms with E-state index in [0.29, 0.717) is 12.1 Å². The molecule has 0 amide bonds. The Morgan fingerprint density at radius 2 is 2.25 bits per heavy atom. The minimum Gasteiger partial charge on any atom is -0.469 e. The number of nitrogens with one attached hydrogen (secondary N) is 1. The highest BCUT2D eigenvalue weighted by molar-refractivity contribution is 5.29. The fourth-order valence-electron chi connectivity index (χ4n) is 3.46. The van der Waals surface area contributed by atoms with Crippen molar-refractivity contribution in [2.45, 2.75) is 52.1 Å². The van der Waals surface area contributed by atoms with E-state index in [-0.39, 0.29) is 0 Å². The summed E-state index contributed by atoms with van der Waals surface area (Å²) in [5.41, 5.74) is 5.02. The van der Waals surface area contributed by atoms with E-state index >= 15 is 0 Å². The average Bonchev–Trinajstić information content (AvgIpc) is 2.96. The van der Waals surface area contributed by atoms with E-state index in [1.807, 2.05) is 18.0 Å². The number of furan rings is 1. The van der Waals surface area contributed by atoms with Gasteiger partial charge in [0.15, 0.2) is 0 Å². The monoisotopic (exact) mass is 273 g/mol. The van der Waals surface area contributed by atoms with E-state index in [1.165, 1.54) is 29.7 Å². The summed E-state index contributed by atoms with van der Waals surface area (Å²) in [7, 11) is 2.01. The highest BCUT2D eigenvalue weighted by atomic mass is 16.3. The van der Waals surface area contributed by atoms with Gasteiger partial charge in [-0.05, 0) is 39.7 Å². The van der Waals surface area contributed by atoms with Crippen LogP contribution in [-0.4, -0.2) is 9.78 Å². The molecule has 2 unspecified atom stereocenters. The van der Waals surface area contributed by atoms with Gasteiger partial charge in [-0.3, -0.25) is 4.68 Å². The molecule has 2 heterocycles. The molecule has 1 aliphatic carbocycles. The molecule has 1 N–H and O–H groups in total. The third-order valence-corrected chi connectivity index (χ3v) is 4.50. The van der Waals surface area contributed by atoms with E-state index in [1.54, 1.807) is 0 Å². The predicted molar refractivity (Wildman–Crippen MR) is 78.6 cm³/mol. The van der Waals surface area contributed by atoms with Gasteiger partial charge in [0.2, 0.25) is 0 Å². The van der Waals surface area contributed by atoms with Crippen LogP contribution in [-0.2, 0) is 13.5 Å². The third-order valence-electron chi connectivity index (χ3n) is 4.50. The van der Waals surface area contributed by atoms with Crippen molar-refractivity contribution < 1.29 is 4.42 Å². The normalized spacial score (nSPS) is 19.9. The SMILES string of the molecule is Cc1nn(C)c(C)c1C(C)NC1CCCc2occc21. The molecule has 4 heteroatoms. The molecule has 2 aromatic heterocycles. The summed E-state index contributed by atoms with van der Waals surface area (Å²) >= 11 is 0. The van der Waals surface area contributed by atoms with Crippen LogP contribution < -0.4 is 5.32 Å². The fraction of sp³-hybridized carbons (Fsp3) is 0.562. The topological polar surface area (TPSA) is 43.0 Å². The van der Waals surface area contributed by atoms with Crippen molar-refractivity contribution in [3.63, 3.8) is 0 Å². The Morgan fingerprint density at radius 1 is 1.45 bits per heavy atom. The first-order valence-electron chi connectivity index (χ1n) is 7.40. The van der Waals surface area contributed by atoms with Gasteiger partial charge in [-0.2, -0.15) is 5.10 Å². The Hall–Kier alpha value is -1.55. The molecule has 0 bridgehead atoms. The van der Waals surface area contributed by atoms with Gasteiger partial charge in [-0.15, -0.1) is 0 Å². The Kier molecular flexibility index (Phi) is 3.42. The molecule has 0 saturated heterocycles. The summed E-state index contributed by atoms with van der Waals surface area (Å²) in [4.78, 5) is 0. The van der Waals surface area contributed by atoms with Crippen molar-refractivity contribution >= 4 is 0 Å². The van der Waals surface area contributed by atoms with E-state index in [0.717, 1.165) is 17.9 Å². The summed E-state index contributed by atoms with van der Waals surface area (Å²) < 4.78 is 7.53. The lowest BCUT2D eigenvalue weighted by molar-refractivity contribution is 0.384. The Labute approximate surface area is 120 Å². The molecule has 0 radical (unpaired) electrons. The Balaban J connectivity index is 1.82. The molecule has 0 fully saturated rings. The summed E-state index contributed by atoms with van der Waals surface area (Å²) in [6.45, 7) is 6.45. The number of aryl methyl sites for hydroxylation is 3. The number of rotatable bonds is 3. The van der Waals surface area contributed by atoms with Crippen LogP contribution in [0.1, 0.15) is 60.1 Å². The minimum atomic E-state index is 0.301. The van der Waals surface area contributed by atoms with Crippen molar-refractivity contribution in [3.05, 3.63) is 40.6 Å². The maximum Gasteiger partial charge on any atom is 0.108 e. The van der Waals surface area contributed by atoms with Gasteiger partial charge in [0.05, 0.1) is 12.0 Å². The summed E-state index contributed by atoms with van der Waals surface area (Å²) in [5, 5.41) is 8.28. The molecule has 108 valence electrons. The van der Waals surface area contributed by atoms with Gasteiger partial charge in [0.1, 0.15) is 5.76 Å². The molecule has 3 rings (SSSR count). The number of fused-ring (bicyclic) bond motifs is 1. The second-order valence-corrected chi connectivity index (χ2v) is 5.84. The molecular formula is C16H23N3O. The van der Waals surface area contributed by atoms with Crippen LogP contribution in [0.2, 0.25) is 0 Å². The van der Waals surface area contributed by atoms with Gasteiger partial charge < -0.3 is 9.73 Å². The van der Waals surface area contributed by atoms with Crippen LogP contribution >= 0.6 is 0 Å². The van der Waals surface area contributed by atoms with Crippen LogP contribution in [0, 0.1) is 13.8 Å². The highest BCUT2D eigenvalue weighted by Gasteiger charge is 2.25. The second-order valence-electron chi connectivity index (χ2n) is 5.84. The van der Waals surface area contributed by atoms with E-state index < -0.39 is 0 Å². The van der Waals surface area contributed by atoms with Crippen molar-refractivity contribution in [2.75, 3.05) is 0 Å². The predicted octanol–water partition coefficient (Wildman–Crippen LogP) is 3.36. The van der Waals surface area contributed by atoms with Crippen molar-refractivity contribution in [2.24, 2.45) is 7.05 Å². The molecular weight excluding hydrogens is 250 g/mol. The molecule has 20 heavy (non-hydrogen) atoms. The van der Waals surface area contributed by atoms with Crippen LogP contribution in [0.25, 0.3) is 0 Å². The lowest BCUT2D eigenvalue weighted by Crippen LogP contribution is -2.27. The number of nitrogens with zero attached hydrogens (tertiary/aromatic N) is 2. The van der Waals surface area contributed by atoms with Gasteiger partial charge >= 0.3 is 0 Å². The number of hydrogen-bond donors (Lipinski definition) is 1. The molecule has 1 aliphatic rings. The van der Waals surface area contributed by atoms with E-state index in [2.05, 4.69) is 37.3 Å². The minimum absolute atomic E-state index is 0.301. The maximum atomic E-state index is 5.57. The zero-order valence-corrected chi connectivity index (χ0v) is 12.7. The first-order chi connectivity index (χ1) is 9.58. The summed E-state index contributed by atoms with van der Waals surface area (Å²) in [6, 6.07) is 2.81. The highest BCUT2D eigenvalue weighted by Crippen LogP contribution is 2.33. The largest absolute Gasteiger partial charge is 0.469 e. The van der Waals surface area contributed by atoms with Crippen molar-refractivity contribution in [1.29, 1.82) is 0 Å². The van der Waals surface area contributed by atoms with Crippen molar-refractivity contribution in [1.82, 2.24) is 15.1 Å². The molecule has 2 aromatic rings. The van der Waals surface area contributed by atoms with Crippen LogP contribution in [0.4, 0.5) is 0 Å². The molecule has 0 spiro atoms. The van der Waals surface area contributed by atoms with Crippen LogP contribution in [0.15, 0.2) is 16.7 Å². The van der Waals surface area contributed by atoms with Crippen LogP contribution in [0.3, 0.4) is 0 Å². The quantitative estimate of drug-likeness (QED) is 0.932. The lowest BCUT2D eigenvalue weighted by Gasteiger charge is -2.26. The molecule has 0 aromatic carbocycles. The third kappa shape index (κ3) is 2.18. The zero-order valence-electron chi connectivity index (χ0n) is 12.7. The van der Waals surface area contributed by atoms with Crippen LogP contribution in [0.5, 0.6) is 0 Å². The van der Waals surface area contributed by atoms with E-state index in [9.17, 15) is 0 Å². The van der Waals surface area contributed by atoms with Gasteiger partial charge in [-0.25, -0.2) is 0 Å². The molecule has 2 atom stereocenters. The molecule has 0 saturated carbocycles. The zero-order chi connectivity index (χ0) is 14.3. The Bertz CT molecular complexity index is 611. The smallest absolute Gasteiger partial charge is 0.108 e. The van der Waals surface area contributed by atoms with E-state index in [4.69, 9.17) is 4.42 Å². The average molecular weight is 273 g/mol. The number of aromatic nitrogens is 2. The fourth-order valence-corrected chi connectivity index (χ4v) is 3.46. The standard InChI is InChI=1S/C16H23N3O/c1-10(16-11(2)18-19(4)12(16)3)17-14-6-5-7-15-13(14)8-9-20-15/h8-10,14,17H,5-7H2,1-4H3. The molecule has 0 aliphatic heterocycles. The first kappa shape index (κ1) is 13.4. The van der Waals surface area contributed by atoms with Gasteiger partial charge in [-0.1, -0.05) is 0 Å². The summed E-state index contributed by atoms with van der Waals surface area (Å²) in [5.74, 6) is 1.15. The summed E-state index contributed by atoms with van der Waals surface area (Å²) in [6.07, 6.45) is 5.25. The van der Waals surface area contributed by atoms with Gasteiger partial charge in [0.25, 0.3) is 0 Å². The number of hydrogen-bond acceptors (Lipinski definition) is 3.